The lowest BCUT2D eigenvalue weighted by Gasteiger charge is -2.14. The number of hydrogen-bond donors (Lipinski definition) is 1. The van der Waals surface area contributed by atoms with Crippen molar-refractivity contribution >= 4 is 15.9 Å². The van der Waals surface area contributed by atoms with E-state index in [-0.39, 0.29) is 0 Å². The summed E-state index contributed by atoms with van der Waals surface area (Å²) in [5, 5.41) is 10.0. The maximum absolute atomic E-state index is 10.0. The van der Waals surface area contributed by atoms with Crippen molar-refractivity contribution in [2.75, 3.05) is 7.11 Å². The van der Waals surface area contributed by atoms with E-state index < -0.39 is 0 Å². The molecule has 0 spiro atoms. The van der Waals surface area contributed by atoms with Crippen LogP contribution in [0, 0.1) is 5.92 Å². The van der Waals surface area contributed by atoms with E-state index in [2.05, 4.69) is 28.1 Å². The van der Waals surface area contributed by atoms with Gasteiger partial charge in [-0.25, -0.2) is 0 Å². The summed E-state index contributed by atoms with van der Waals surface area (Å²) in [5.41, 5.74) is 0.897. The molecular weight excluding hydrogens is 268 g/mol. The predicted octanol–water partition coefficient (Wildman–Crippen LogP) is 3.67. The van der Waals surface area contributed by atoms with Crippen LogP contribution < -0.4 is 4.74 Å². The van der Waals surface area contributed by atoms with Gasteiger partial charge in [0.05, 0.1) is 11.6 Å². The first-order valence-corrected chi connectivity index (χ1v) is 6.22. The van der Waals surface area contributed by atoms with Crippen molar-refractivity contribution in [3.63, 3.8) is 0 Å². The molecule has 1 N–H and O–H groups in total. The maximum atomic E-state index is 10.0. The number of hydrogen-bond acceptors (Lipinski definition) is 2. The Bertz CT molecular complexity index is 413. The summed E-state index contributed by atoms with van der Waals surface area (Å²) in [7, 11) is 1.64. The van der Waals surface area contributed by atoms with Crippen LogP contribution in [-0.4, -0.2) is 12.2 Å². The summed E-state index contributed by atoms with van der Waals surface area (Å²) in [6.45, 7) is 0. The van der Waals surface area contributed by atoms with Gasteiger partial charge in [0.2, 0.25) is 0 Å². The van der Waals surface area contributed by atoms with Crippen molar-refractivity contribution in [2.24, 2.45) is 5.92 Å². The molecule has 1 aromatic rings. The Hall–Kier alpha value is -0.960. The topological polar surface area (TPSA) is 29.5 Å². The molecule has 1 aliphatic carbocycles. The Kier molecular flexibility index (Phi) is 3.54. The van der Waals surface area contributed by atoms with Crippen LogP contribution in [0.25, 0.3) is 0 Å². The van der Waals surface area contributed by atoms with Crippen molar-refractivity contribution in [2.45, 2.75) is 19.3 Å². The Balaban J connectivity index is 2.29. The number of methoxy groups -OCH3 is 1. The average Bonchev–Trinajstić information content (AvgIpc) is 2.78. The van der Waals surface area contributed by atoms with Crippen molar-refractivity contribution < 1.29 is 9.84 Å². The van der Waals surface area contributed by atoms with Crippen LogP contribution in [-0.2, 0) is 6.42 Å². The lowest BCUT2D eigenvalue weighted by atomic mass is 9.97. The number of benzene rings is 1. The van der Waals surface area contributed by atoms with Gasteiger partial charge in [0, 0.05) is 5.56 Å². The van der Waals surface area contributed by atoms with E-state index in [4.69, 9.17) is 4.74 Å². The zero-order chi connectivity index (χ0) is 11.5. The molecule has 1 atom stereocenters. The molecule has 0 saturated carbocycles. The standard InChI is InChI=1S/C13H15BrO2/c1-16-12-7-6-11(14)13(15)10(12)8-9-4-2-3-5-9/h2,4,6-7,9,15H,3,5,8H2,1H3. The van der Waals surface area contributed by atoms with Crippen molar-refractivity contribution in [3.8, 4) is 11.5 Å². The van der Waals surface area contributed by atoms with E-state index in [9.17, 15) is 5.11 Å². The van der Waals surface area contributed by atoms with E-state index in [0.29, 0.717) is 11.7 Å². The molecule has 16 heavy (non-hydrogen) atoms. The van der Waals surface area contributed by atoms with Gasteiger partial charge in [-0.3, -0.25) is 0 Å². The van der Waals surface area contributed by atoms with Gasteiger partial charge in [-0.15, -0.1) is 0 Å². The van der Waals surface area contributed by atoms with Gasteiger partial charge in [0.15, 0.2) is 0 Å². The molecule has 3 heteroatoms. The van der Waals surface area contributed by atoms with E-state index in [0.717, 1.165) is 35.0 Å². The Morgan fingerprint density at radius 1 is 1.50 bits per heavy atom. The lowest BCUT2D eigenvalue weighted by molar-refractivity contribution is 0.394. The summed E-state index contributed by atoms with van der Waals surface area (Å²) < 4.78 is 6.01. The summed E-state index contributed by atoms with van der Waals surface area (Å²) in [4.78, 5) is 0. The number of halogens is 1. The molecule has 0 aliphatic heterocycles. The van der Waals surface area contributed by atoms with Crippen LogP contribution in [0.2, 0.25) is 0 Å². The second-order valence-corrected chi connectivity index (χ2v) is 4.90. The number of rotatable bonds is 3. The third-order valence-corrected chi connectivity index (χ3v) is 3.63. The molecule has 1 aromatic carbocycles. The Morgan fingerprint density at radius 3 is 2.94 bits per heavy atom. The van der Waals surface area contributed by atoms with Crippen LogP contribution in [0.4, 0.5) is 0 Å². The number of ether oxygens (including phenoxy) is 1. The maximum Gasteiger partial charge on any atom is 0.136 e. The fourth-order valence-electron chi connectivity index (χ4n) is 2.11. The molecule has 1 aliphatic rings. The highest BCUT2D eigenvalue weighted by Crippen LogP contribution is 2.37. The van der Waals surface area contributed by atoms with Crippen LogP contribution in [0.3, 0.4) is 0 Å². The van der Waals surface area contributed by atoms with Gasteiger partial charge in [0.25, 0.3) is 0 Å². The van der Waals surface area contributed by atoms with E-state index in [1.54, 1.807) is 7.11 Å². The SMILES string of the molecule is COc1ccc(Br)c(O)c1CC1C=CCC1. The second-order valence-electron chi connectivity index (χ2n) is 4.05. The van der Waals surface area contributed by atoms with Crippen molar-refractivity contribution in [3.05, 3.63) is 34.3 Å². The van der Waals surface area contributed by atoms with E-state index >= 15 is 0 Å². The quantitative estimate of drug-likeness (QED) is 0.858. The molecule has 0 radical (unpaired) electrons. The van der Waals surface area contributed by atoms with E-state index in [1.807, 2.05) is 12.1 Å². The third-order valence-electron chi connectivity index (χ3n) is 2.99. The Morgan fingerprint density at radius 2 is 2.31 bits per heavy atom. The predicted molar refractivity (Wildman–Crippen MR) is 67.9 cm³/mol. The summed E-state index contributed by atoms with van der Waals surface area (Å²) in [6.07, 6.45) is 7.56. The highest BCUT2D eigenvalue weighted by molar-refractivity contribution is 9.10. The number of phenols is 1. The molecule has 0 amide bonds. The second kappa shape index (κ2) is 4.91. The monoisotopic (exact) mass is 282 g/mol. The number of aromatic hydroxyl groups is 1. The van der Waals surface area contributed by atoms with Gasteiger partial charge >= 0.3 is 0 Å². The van der Waals surface area contributed by atoms with Gasteiger partial charge < -0.3 is 9.84 Å². The van der Waals surface area contributed by atoms with Crippen LogP contribution >= 0.6 is 15.9 Å². The smallest absolute Gasteiger partial charge is 0.136 e. The molecule has 0 bridgehead atoms. The van der Waals surface area contributed by atoms with Gasteiger partial charge in [-0.1, -0.05) is 12.2 Å². The highest BCUT2D eigenvalue weighted by atomic mass is 79.9. The van der Waals surface area contributed by atoms with Crippen LogP contribution in [0.5, 0.6) is 11.5 Å². The molecule has 86 valence electrons. The molecule has 0 heterocycles. The Labute approximate surface area is 104 Å². The normalized spacial score (nSPS) is 19.0. The van der Waals surface area contributed by atoms with Crippen LogP contribution in [0.1, 0.15) is 18.4 Å². The first-order valence-electron chi connectivity index (χ1n) is 5.43. The number of phenolic OH excluding ortho intramolecular Hbond substituents is 1. The zero-order valence-corrected chi connectivity index (χ0v) is 10.8. The van der Waals surface area contributed by atoms with Crippen molar-refractivity contribution in [1.82, 2.24) is 0 Å². The number of allylic oxidation sites excluding steroid dienone is 2. The van der Waals surface area contributed by atoms with Gasteiger partial charge in [-0.2, -0.15) is 0 Å². The lowest BCUT2D eigenvalue weighted by Crippen LogP contribution is -2.01. The molecule has 2 rings (SSSR count). The minimum Gasteiger partial charge on any atom is -0.506 e. The molecule has 0 fully saturated rings. The fourth-order valence-corrected chi connectivity index (χ4v) is 2.48. The third kappa shape index (κ3) is 2.24. The molecule has 1 unspecified atom stereocenters. The van der Waals surface area contributed by atoms with E-state index in [1.165, 1.54) is 0 Å². The molecule has 0 aromatic heterocycles. The summed E-state index contributed by atoms with van der Waals surface area (Å²) >= 11 is 3.34. The highest BCUT2D eigenvalue weighted by Gasteiger charge is 2.17. The first kappa shape index (κ1) is 11.5. The van der Waals surface area contributed by atoms with Gasteiger partial charge in [0.1, 0.15) is 11.5 Å². The van der Waals surface area contributed by atoms with Crippen LogP contribution in [0.15, 0.2) is 28.8 Å². The minimum absolute atomic E-state index is 0.305. The molecule has 2 nitrogen and oxygen atoms in total. The molecular formula is C13H15BrO2. The first-order chi connectivity index (χ1) is 7.72. The summed E-state index contributed by atoms with van der Waals surface area (Å²) in [6, 6.07) is 3.69. The zero-order valence-electron chi connectivity index (χ0n) is 9.24. The molecule has 0 saturated heterocycles. The van der Waals surface area contributed by atoms with Gasteiger partial charge in [-0.05, 0) is 53.2 Å². The minimum atomic E-state index is 0.305. The largest absolute Gasteiger partial charge is 0.506 e. The summed E-state index contributed by atoms with van der Waals surface area (Å²) in [5.74, 6) is 1.59. The average molecular weight is 283 g/mol. The van der Waals surface area contributed by atoms with Crippen molar-refractivity contribution in [1.29, 1.82) is 0 Å². The fraction of sp³-hybridized carbons (Fsp3) is 0.385.